The smallest absolute Gasteiger partial charge is 0.179 e. The van der Waals surface area contributed by atoms with Gasteiger partial charge in [0, 0.05) is 25.5 Å². The molecule has 0 fully saturated rings. The molecule has 0 saturated heterocycles. The quantitative estimate of drug-likeness (QED) is 0.707. The van der Waals surface area contributed by atoms with E-state index in [9.17, 15) is 8.42 Å². The van der Waals surface area contributed by atoms with Crippen LogP contribution in [0.2, 0.25) is 0 Å². The van der Waals surface area contributed by atoms with E-state index in [1.54, 1.807) is 18.3 Å². The van der Waals surface area contributed by atoms with Crippen LogP contribution in [0.25, 0.3) is 11.1 Å². The maximum absolute atomic E-state index is 12.2. The van der Waals surface area contributed by atoms with Gasteiger partial charge in [-0.2, -0.15) is 0 Å². The van der Waals surface area contributed by atoms with Crippen molar-refractivity contribution in [2.75, 3.05) is 11.2 Å². The van der Waals surface area contributed by atoms with Gasteiger partial charge in [-0.3, -0.25) is 0 Å². The van der Waals surface area contributed by atoms with Gasteiger partial charge >= 0.3 is 0 Å². The van der Waals surface area contributed by atoms with Gasteiger partial charge in [-0.05, 0) is 34.4 Å². The van der Waals surface area contributed by atoms with E-state index in [0.717, 1.165) is 11.1 Å². The minimum Gasteiger partial charge on any atom is -0.347 e. The molecular weight excluding hydrogens is 332 g/mol. The molecule has 1 aliphatic heterocycles. The first-order chi connectivity index (χ1) is 12.0. The van der Waals surface area contributed by atoms with E-state index >= 15 is 0 Å². The number of rotatable bonds is 2. The molecule has 2 aromatic carbocycles. The Balaban J connectivity index is 1.91. The largest absolute Gasteiger partial charge is 0.347 e. The van der Waals surface area contributed by atoms with Gasteiger partial charge in [-0.25, -0.2) is 13.4 Å². The molecule has 0 atom stereocenters. The first-order valence-corrected chi connectivity index (χ1v) is 9.99. The van der Waals surface area contributed by atoms with Crippen LogP contribution in [0.1, 0.15) is 11.1 Å². The van der Waals surface area contributed by atoms with Crippen molar-refractivity contribution in [3.63, 3.8) is 0 Å². The summed E-state index contributed by atoms with van der Waals surface area (Å²) < 4.78 is 24.4. The Morgan fingerprint density at radius 1 is 0.840 bits per heavy atom. The monoisotopic (exact) mass is 350 g/mol. The lowest BCUT2D eigenvalue weighted by Crippen LogP contribution is -2.24. The summed E-state index contributed by atoms with van der Waals surface area (Å²) in [6.07, 6.45) is 2.87. The fourth-order valence-corrected chi connectivity index (χ4v) is 4.21. The second kappa shape index (κ2) is 6.01. The molecule has 5 heteroatoms. The van der Waals surface area contributed by atoms with E-state index < -0.39 is 9.84 Å². The highest BCUT2D eigenvalue weighted by molar-refractivity contribution is 7.90. The van der Waals surface area contributed by atoms with Crippen molar-refractivity contribution in [3.8, 4) is 11.1 Å². The van der Waals surface area contributed by atoms with Crippen LogP contribution in [-0.4, -0.2) is 19.7 Å². The molecule has 0 unspecified atom stereocenters. The molecule has 0 N–H and O–H groups in total. The number of hydrogen-bond acceptors (Lipinski definition) is 4. The van der Waals surface area contributed by atoms with Gasteiger partial charge in [-0.1, -0.05) is 48.5 Å². The molecule has 1 aliphatic rings. The SMILES string of the molecule is CS(=O)(=O)c1cccnc1N1Cc2ccccc2-c2ccccc2C1. The van der Waals surface area contributed by atoms with E-state index in [0.29, 0.717) is 18.9 Å². The molecule has 0 amide bonds. The predicted octanol–water partition coefficient (Wildman–Crippen LogP) is 3.67. The molecule has 0 radical (unpaired) electrons. The van der Waals surface area contributed by atoms with Crippen LogP contribution in [-0.2, 0) is 22.9 Å². The Morgan fingerprint density at radius 3 is 1.96 bits per heavy atom. The highest BCUT2D eigenvalue weighted by atomic mass is 32.2. The number of fused-ring (bicyclic) bond motifs is 3. The molecule has 4 nitrogen and oxygen atoms in total. The zero-order chi connectivity index (χ0) is 17.4. The van der Waals surface area contributed by atoms with E-state index in [2.05, 4.69) is 29.2 Å². The molecule has 0 spiro atoms. The van der Waals surface area contributed by atoms with E-state index in [4.69, 9.17) is 0 Å². The minimum absolute atomic E-state index is 0.270. The van der Waals surface area contributed by atoms with Gasteiger partial charge in [0.15, 0.2) is 9.84 Å². The zero-order valence-corrected chi connectivity index (χ0v) is 14.7. The normalized spacial score (nSPS) is 13.7. The number of sulfone groups is 1. The number of aromatic nitrogens is 1. The minimum atomic E-state index is -3.35. The first kappa shape index (κ1) is 15.8. The molecular formula is C20H18N2O2S. The summed E-state index contributed by atoms with van der Waals surface area (Å²) >= 11 is 0. The molecule has 0 bridgehead atoms. The average molecular weight is 350 g/mol. The number of pyridine rings is 1. The summed E-state index contributed by atoms with van der Waals surface area (Å²) in [6.45, 7) is 1.23. The van der Waals surface area contributed by atoms with Crippen LogP contribution >= 0.6 is 0 Å². The summed E-state index contributed by atoms with van der Waals surface area (Å²) in [5, 5.41) is 0. The number of anilines is 1. The third-order valence-corrected chi connectivity index (χ3v) is 5.61. The van der Waals surface area contributed by atoms with Gasteiger partial charge in [-0.15, -0.1) is 0 Å². The molecule has 0 saturated carbocycles. The molecule has 0 aliphatic carbocycles. The van der Waals surface area contributed by atoms with Crippen LogP contribution in [0, 0.1) is 0 Å². The van der Waals surface area contributed by atoms with Crippen molar-refractivity contribution in [3.05, 3.63) is 78.0 Å². The third kappa shape index (κ3) is 2.91. The fraction of sp³-hybridized carbons (Fsp3) is 0.150. The van der Waals surface area contributed by atoms with Crippen molar-refractivity contribution >= 4 is 15.7 Å². The van der Waals surface area contributed by atoms with Crippen molar-refractivity contribution in [2.45, 2.75) is 18.0 Å². The van der Waals surface area contributed by atoms with Gasteiger partial charge in [0.25, 0.3) is 0 Å². The van der Waals surface area contributed by atoms with Crippen molar-refractivity contribution in [2.24, 2.45) is 0 Å². The summed E-state index contributed by atoms with van der Waals surface area (Å²) in [5.74, 6) is 0.511. The third-order valence-electron chi connectivity index (χ3n) is 4.50. The lowest BCUT2D eigenvalue weighted by molar-refractivity contribution is 0.600. The Kier molecular flexibility index (Phi) is 3.81. The number of hydrogen-bond donors (Lipinski definition) is 0. The molecule has 25 heavy (non-hydrogen) atoms. The van der Waals surface area contributed by atoms with Gasteiger partial charge < -0.3 is 4.90 Å². The Hall–Kier alpha value is -2.66. The summed E-state index contributed by atoms with van der Waals surface area (Å²) in [4.78, 5) is 6.72. The van der Waals surface area contributed by atoms with Gasteiger partial charge in [0.2, 0.25) is 0 Å². The number of benzene rings is 2. The molecule has 3 aromatic rings. The lowest BCUT2D eigenvalue weighted by Gasteiger charge is -2.24. The Labute approximate surface area is 147 Å². The zero-order valence-electron chi connectivity index (χ0n) is 13.9. The van der Waals surface area contributed by atoms with E-state index in [1.807, 2.05) is 29.2 Å². The van der Waals surface area contributed by atoms with Crippen LogP contribution < -0.4 is 4.90 Å². The molecule has 4 rings (SSSR count). The summed E-state index contributed by atoms with van der Waals surface area (Å²) in [5.41, 5.74) is 4.71. The highest BCUT2D eigenvalue weighted by Gasteiger charge is 2.24. The topological polar surface area (TPSA) is 50.3 Å². The van der Waals surface area contributed by atoms with Crippen molar-refractivity contribution in [1.82, 2.24) is 4.98 Å². The molecule has 1 aromatic heterocycles. The van der Waals surface area contributed by atoms with Crippen LogP contribution in [0.5, 0.6) is 0 Å². The first-order valence-electron chi connectivity index (χ1n) is 8.10. The standard InChI is InChI=1S/C20H18N2O2S/c1-25(23,24)19-11-6-12-21-20(19)22-13-15-7-2-4-9-17(15)18-10-5-3-8-16(18)14-22/h2-12H,13-14H2,1H3. The Bertz CT molecular complexity index is 997. The molecule has 126 valence electrons. The molecule has 2 heterocycles. The second-order valence-corrected chi connectivity index (χ2v) is 8.25. The lowest BCUT2D eigenvalue weighted by atomic mass is 9.97. The summed E-state index contributed by atoms with van der Waals surface area (Å²) in [7, 11) is -3.35. The van der Waals surface area contributed by atoms with Crippen molar-refractivity contribution in [1.29, 1.82) is 0 Å². The van der Waals surface area contributed by atoms with Crippen LogP contribution in [0.4, 0.5) is 5.82 Å². The van der Waals surface area contributed by atoms with Crippen molar-refractivity contribution < 1.29 is 8.42 Å². The maximum Gasteiger partial charge on any atom is 0.179 e. The van der Waals surface area contributed by atoms with Gasteiger partial charge in [0.1, 0.15) is 10.7 Å². The van der Waals surface area contributed by atoms with E-state index in [1.165, 1.54) is 17.4 Å². The highest BCUT2D eigenvalue weighted by Crippen LogP contribution is 2.35. The predicted molar refractivity (Wildman–Crippen MR) is 99.1 cm³/mol. The van der Waals surface area contributed by atoms with Crippen LogP contribution in [0.15, 0.2) is 71.8 Å². The second-order valence-electron chi connectivity index (χ2n) is 6.27. The van der Waals surface area contributed by atoms with Crippen LogP contribution in [0.3, 0.4) is 0 Å². The van der Waals surface area contributed by atoms with E-state index in [-0.39, 0.29) is 4.90 Å². The average Bonchev–Trinajstić information content (AvgIpc) is 2.78. The fourth-order valence-electron chi connectivity index (χ4n) is 3.37. The van der Waals surface area contributed by atoms with Gasteiger partial charge in [0.05, 0.1) is 0 Å². The maximum atomic E-state index is 12.2. The summed E-state index contributed by atoms with van der Waals surface area (Å²) in [6, 6.07) is 19.8. The number of nitrogens with zero attached hydrogens (tertiary/aromatic N) is 2. The Morgan fingerprint density at radius 2 is 1.40 bits per heavy atom.